The van der Waals surface area contributed by atoms with Crippen LogP contribution < -0.4 is 5.32 Å². The van der Waals surface area contributed by atoms with Crippen molar-refractivity contribution in [1.82, 2.24) is 10.2 Å². The number of hydrogen-bond acceptors (Lipinski definition) is 3. The van der Waals surface area contributed by atoms with Gasteiger partial charge >= 0.3 is 0 Å². The summed E-state index contributed by atoms with van der Waals surface area (Å²) in [6, 6.07) is 15.6. The number of aryl methyl sites for hydroxylation is 2. The Morgan fingerprint density at radius 2 is 1.72 bits per heavy atom. The molecule has 0 aliphatic carbocycles. The van der Waals surface area contributed by atoms with Gasteiger partial charge in [0, 0.05) is 25.8 Å². The minimum atomic E-state index is -0.390. The van der Waals surface area contributed by atoms with E-state index in [-0.39, 0.29) is 11.9 Å². The smallest absolute Gasteiger partial charge is 0.226 e. The molecule has 4 rings (SSSR count). The maximum absolute atomic E-state index is 13.6. The van der Waals surface area contributed by atoms with E-state index in [2.05, 4.69) is 73.5 Å². The van der Waals surface area contributed by atoms with E-state index in [1.165, 1.54) is 40.7 Å². The monoisotopic (exact) mass is 434 g/mol. The lowest BCUT2D eigenvalue weighted by Crippen LogP contribution is -2.51. The van der Waals surface area contributed by atoms with E-state index < -0.39 is 5.41 Å². The van der Waals surface area contributed by atoms with Crippen LogP contribution in [0.2, 0.25) is 0 Å². The SMILES string of the molecule is Cc1cc(C)cc(-c2cccc(CC3(C(=O)N[C@H](C)CN4CCCC4)CCOCC3)c2)c1. The normalized spacial score (nSPS) is 19.6. The molecule has 0 bridgehead atoms. The Morgan fingerprint density at radius 1 is 1.03 bits per heavy atom. The summed E-state index contributed by atoms with van der Waals surface area (Å²) in [5.41, 5.74) is 5.85. The van der Waals surface area contributed by atoms with Gasteiger partial charge < -0.3 is 15.0 Å². The maximum atomic E-state index is 13.6. The summed E-state index contributed by atoms with van der Waals surface area (Å²) in [5.74, 6) is 0.198. The van der Waals surface area contributed by atoms with Gasteiger partial charge in [-0.05, 0) is 82.7 Å². The van der Waals surface area contributed by atoms with Crippen LogP contribution in [0.5, 0.6) is 0 Å². The zero-order valence-electron chi connectivity index (χ0n) is 20.0. The minimum absolute atomic E-state index is 0.168. The van der Waals surface area contributed by atoms with Crippen LogP contribution in [0.3, 0.4) is 0 Å². The molecule has 2 aliphatic heterocycles. The second-order valence-electron chi connectivity index (χ2n) is 10.0. The van der Waals surface area contributed by atoms with E-state index in [9.17, 15) is 4.79 Å². The largest absolute Gasteiger partial charge is 0.381 e. The van der Waals surface area contributed by atoms with E-state index in [1.807, 2.05) is 0 Å². The summed E-state index contributed by atoms with van der Waals surface area (Å²) < 4.78 is 5.66. The fourth-order valence-electron chi connectivity index (χ4n) is 5.41. The van der Waals surface area contributed by atoms with Crippen LogP contribution in [0.25, 0.3) is 11.1 Å². The van der Waals surface area contributed by atoms with E-state index >= 15 is 0 Å². The highest BCUT2D eigenvalue weighted by atomic mass is 16.5. The molecule has 2 saturated heterocycles. The van der Waals surface area contributed by atoms with Crippen LogP contribution >= 0.6 is 0 Å². The molecule has 1 amide bonds. The summed E-state index contributed by atoms with van der Waals surface area (Å²) in [5, 5.41) is 3.36. The van der Waals surface area contributed by atoms with Gasteiger partial charge in [0.1, 0.15) is 0 Å². The number of amides is 1. The maximum Gasteiger partial charge on any atom is 0.226 e. The van der Waals surface area contributed by atoms with Gasteiger partial charge in [0.25, 0.3) is 0 Å². The van der Waals surface area contributed by atoms with Crippen LogP contribution in [-0.2, 0) is 16.0 Å². The molecule has 2 aromatic rings. The zero-order valence-corrected chi connectivity index (χ0v) is 20.0. The Morgan fingerprint density at radius 3 is 2.41 bits per heavy atom. The second kappa shape index (κ2) is 10.2. The third-order valence-corrected chi connectivity index (χ3v) is 7.06. The Kier molecular flexibility index (Phi) is 7.32. The number of nitrogens with zero attached hydrogens (tertiary/aromatic N) is 1. The number of carbonyl (C=O) groups excluding carboxylic acids is 1. The van der Waals surface area contributed by atoms with Crippen molar-refractivity contribution in [2.24, 2.45) is 5.41 Å². The molecule has 32 heavy (non-hydrogen) atoms. The molecule has 2 aromatic carbocycles. The fourth-order valence-corrected chi connectivity index (χ4v) is 5.41. The summed E-state index contributed by atoms with van der Waals surface area (Å²) in [4.78, 5) is 16.0. The molecule has 2 heterocycles. The second-order valence-corrected chi connectivity index (χ2v) is 10.0. The molecular formula is C28H38N2O2. The van der Waals surface area contributed by atoms with Crippen LogP contribution in [0.1, 0.15) is 49.3 Å². The molecular weight excluding hydrogens is 396 g/mol. The number of rotatable bonds is 7. The van der Waals surface area contributed by atoms with Crippen LogP contribution in [-0.4, -0.2) is 49.7 Å². The lowest BCUT2D eigenvalue weighted by Gasteiger charge is -2.37. The molecule has 0 unspecified atom stereocenters. The number of likely N-dealkylation sites (tertiary alicyclic amines) is 1. The van der Waals surface area contributed by atoms with Crippen LogP contribution in [0.4, 0.5) is 0 Å². The van der Waals surface area contributed by atoms with Gasteiger partial charge in [-0.15, -0.1) is 0 Å². The zero-order chi connectivity index (χ0) is 22.6. The van der Waals surface area contributed by atoms with Crippen molar-refractivity contribution in [2.75, 3.05) is 32.8 Å². The average Bonchev–Trinajstić information content (AvgIpc) is 3.27. The Bertz CT molecular complexity index is 907. The summed E-state index contributed by atoms with van der Waals surface area (Å²) in [6.07, 6.45) is 4.88. The van der Waals surface area contributed by atoms with Gasteiger partial charge in [-0.3, -0.25) is 4.79 Å². The molecule has 2 fully saturated rings. The Hall–Kier alpha value is -2.17. The Balaban J connectivity index is 1.51. The first-order valence-electron chi connectivity index (χ1n) is 12.2. The van der Waals surface area contributed by atoms with Crippen molar-refractivity contribution in [3.63, 3.8) is 0 Å². The minimum Gasteiger partial charge on any atom is -0.381 e. The average molecular weight is 435 g/mol. The van der Waals surface area contributed by atoms with Gasteiger partial charge in [-0.25, -0.2) is 0 Å². The number of benzene rings is 2. The highest BCUT2D eigenvalue weighted by Crippen LogP contribution is 2.36. The number of nitrogens with one attached hydrogen (secondary N) is 1. The lowest BCUT2D eigenvalue weighted by atomic mass is 9.74. The number of hydrogen-bond donors (Lipinski definition) is 1. The summed E-state index contributed by atoms with van der Waals surface area (Å²) >= 11 is 0. The molecule has 4 heteroatoms. The molecule has 4 nitrogen and oxygen atoms in total. The first-order chi connectivity index (χ1) is 15.4. The summed E-state index contributed by atoms with van der Waals surface area (Å²) in [6.45, 7) is 11.0. The van der Waals surface area contributed by atoms with E-state index in [4.69, 9.17) is 4.74 Å². The van der Waals surface area contributed by atoms with Crippen molar-refractivity contribution >= 4 is 5.91 Å². The van der Waals surface area contributed by atoms with Crippen molar-refractivity contribution in [2.45, 2.75) is 58.9 Å². The first kappa shape index (κ1) is 23.0. The van der Waals surface area contributed by atoms with Gasteiger partial charge in [-0.2, -0.15) is 0 Å². The molecule has 0 aromatic heterocycles. The van der Waals surface area contributed by atoms with E-state index in [0.717, 1.165) is 38.9 Å². The fraction of sp³-hybridized carbons (Fsp3) is 0.536. The topological polar surface area (TPSA) is 41.6 Å². The standard InChI is InChI=1S/C28H38N2O2/c1-21-15-22(2)17-26(16-21)25-8-6-7-24(18-25)19-28(9-13-32-14-10-28)27(31)29-23(3)20-30-11-4-5-12-30/h6-8,15-18,23H,4-5,9-14,19-20H2,1-3H3,(H,29,31)/t23-/m1/s1. The predicted octanol–water partition coefficient (Wildman–Crippen LogP) is 4.91. The van der Waals surface area contributed by atoms with Gasteiger partial charge in [0.2, 0.25) is 5.91 Å². The van der Waals surface area contributed by atoms with E-state index in [0.29, 0.717) is 13.2 Å². The van der Waals surface area contributed by atoms with Gasteiger partial charge in [-0.1, -0.05) is 53.6 Å². The van der Waals surface area contributed by atoms with E-state index in [1.54, 1.807) is 0 Å². The first-order valence-corrected chi connectivity index (χ1v) is 12.2. The van der Waals surface area contributed by atoms with Crippen molar-refractivity contribution in [3.8, 4) is 11.1 Å². The third kappa shape index (κ3) is 5.60. The molecule has 0 radical (unpaired) electrons. The molecule has 1 atom stereocenters. The molecule has 2 aliphatic rings. The third-order valence-electron chi connectivity index (χ3n) is 7.06. The molecule has 1 N–H and O–H groups in total. The highest BCUT2D eigenvalue weighted by Gasteiger charge is 2.40. The quantitative estimate of drug-likeness (QED) is 0.673. The van der Waals surface area contributed by atoms with Gasteiger partial charge in [0.15, 0.2) is 0 Å². The Labute approximate surface area is 193 Å². The lowest BCUT2D eigenvalue weighted by molar-refractivity contribution is -0.137. The predicted molar refractivity (Wildman–Crippen MR) is 131 cm³/mol. The van der Waals surface area contributed by atoms with Crippen LogP contribution in [0, 0.1) is 19.3 Å². The highest BCUT2D eigenvalue weighted by molar-refractivity contribution is 5.83. The van der Waals surface area contributed by atoms with Gasteiger partial charge in [0.05, 0.1) is 5.41 Å². The number of carbonyl (C=O) groups is 1. The summed E-state index contributed by atoms with van der Waals surface area (Å²) in [7, 11) is 0. The molecule has 0 saturated carbocycles. The number of ether oxygens (including phenoxy) is 1. The van der Waals surface area contributed by atoms with Crippen molar-refractivity contribution in [3.05, 3.63) is 59.2 Å². The molecule has 0 spiro atoms. The van der Waals surface area contributed by atoms with Crippen molar-refractivity contribution < 1.29 is 9.53 Å². The van der Waals surface area contributed by atoms with Crippen molar-refractivity contribution in [1.29, 1.82) is 0 Å². The molecule has 172 valence electrons. The van der Waals surface area contributed by atoms with Crippen LogP contribution in [0.15, 0.2) is 42.5 Å².